The first-order valence-corrected chi connectivity index (χ1v) is 10.8. The van der Waals surface area contributed by atoms with Gasteiger partial charge in [-0.2, -0.15) is 0 Å². The zero-order valence-electron chi connectivity index (χ0n) is 17.4. The molecule has 0 saturated heterocycles. The number of hydrogen-bond donors (Lipinski definition) is 1. The molecule has 0 radical (unpaired) electrons. The molecule has 3 aromatic rings. The predicted octanol–water partition coefficient (Wildman–Crippen LogP) is 2.06. The number of pyridine rings is 1. The molecule has 0 aliphatic carbocycles. The van der Waals surface area contributed by atoms with Crippen LogP contribution in [0.3, 0.4) is 0 Å². The van der Waals surface area contributed by atoms with Gasteiger partial charge in [0, 0.05) is 55.6 Å². The lowest BCUT2D eigenvalue weighted by molar-refractivity contribution is -0.123. The Hall–Kier alpha value is -3.26. The number of fused-ring (bicyclic) bond motifs is 2. The summed E-state index contributed by atoms with van der Waals surface area (Å²) in [6, 6.07) is 12.1. The Morgan fingerprint density at radius 1 is 1.13 bits per heavy atom. The monoisotopic (exact) mass is 418 g/mol. The third-order valence-electron chi connectivity index (χ3n) is 5.93. The molecule has 1 N–H and O–H groups in total. The topological polar surface area (TPSA) is 85.2 Å². The quantitative estimate of drug-likeness (QED) is 0.698. The minimum absolute atomic E-state index is 0.0644. The normalized spacial score (nSPS) is 18.8. The highest BCUT2D eigenvalue weighted by atomic mass is 16.5. The average molecular weight is 419 g/mol. The minimum atomic E-state index is 0.0644. The van der Waals surface area contributed by atoms with Crippen LogP contribution in [-0.4, -0.2) is 56.3 Å². The maximum absolute atomic E-state index is 12.8. The first-order valence-electron chi connectivity index (χ1n) is 10.8. The van der Waals surface area contributed by atoms with Crippen molar-refractivity contribution in [1.29, 1.82) is 0 Å². The lowest BCUT2D eigenvalue weighted by atomic mass is 10.1. The highest BCUT2D eigenvalue weighted by molar-refractivity contribution is 5.78. The van der Waals surface area contributed by atoms with Gasteiger partial charge in [0.1, 0.15) is 18.2 Å². The van der Waals surface area contributed by atoms with Gasteiger partial charge in [-0.3, -0.25) is 14.7 Å². The second-order valence-corrected chi connectivity index (χ2v) is 8.09. The minimum Gasteiger partial charge on any atom is -0.492 e. The summed E-state index contributed by atoms with van der Waals surface area (Å²) in [5.41, 5.74) is 2.09. The fraction of sp³-hybridized carbons (Fsp3) is 0.391. The fourth-order valence-electron chi connectivity index (χ4n) is 4.33. The van der Waals surface area contributed by atoms with Crippen molar-refractivity contribution < 1.29 is 9.53 Å². The number of nitrogens with one attached hydrogen (secondary N) is 1. The van der Waals surface area contributed by atoms with E-state index in [1.54, 1.807) is 6.20 Å². The van der Waals surface area contributed by atoms with Crippen molar-refractivity contribution in [2.24, 2.45) is 0 Å². The van der Waals surface area contributed by atoms with Crippen LogP contribution in [0.1, 0.15) is 24.2 Å². The molecule has 4 heterocycles. The van der Waals surface area contributed by atoms with E-state index in [4.69, 9.17) is 4.74 Å². The Bertz CT molecular complexity index is 1050. The molecule has 1 amide bonds. The van der Waals surface area contributed by atoms with Crippen LogP contribution in [0.15, 0.2) is 48.8 Å². The van der Waals surface area contributed by atoms with Crippen LogP contribution in [0, 0.1) is 0 Å². The Labute approximate surface area is 181 Å². The van der Waals surface area contributed by atoms with Crippen molar-refractivity contribution >= 4 is 5.91 Å². The largest absolute Gasteiger partial charge is 0.492 e. The molecule has 31 heavy (non-hydrogen) atoms. The number of nitrogens with zero attached hydrogens (tertiary/aromatic N) is 5. The second-order valence-electron chi connectivity index (χ2n) is 8.09. The van der Waals surface area contributed by atoms with Crippen LogP contribution in [0.5, 0.6) is 5.75 Å². The lowest BCUT2D eigenvalue weighted by Crippen LogP contribution is -2.42. The average Bonchev–Trinajstić information content (AvgIpc) is 2.94. The van der Waals surface area contributed by atoms with E-state index in [1.807, 2.05) is 36.5 Å². The van der Waals surface area contributed by atoms with Crippen LogP contribution in [0.2, 0.25) is 0 Å². The van der Waals surface area contributed by atoms with E-state index >= 15 is 0 Å². The van der Waals surface area contributed by atoms with Gasteiger partial charge in [-0.1, -0.05) is 18.2 Å². The SMILES string of the molecule is O=C(CN1CCOc2ccccc2C1)NC1CCc2nnc(-c3cccnc3)n2CC1. The number of benzene rings is 1. The Kier molecular flexibility index (Phi) is 5.62. The molecule has 160 valence electrons. The third-order valence-corrected chi connectivity index (χ3v) is 5.93. The van der Waals surface area contributed by atoms with Crippen LogP contribution >= 0.6 is 0 Å². The summed E-state index contributed by atoms with van der Waals surface area (Å²) >= 11 is 0. The summed E-state index contributed by atoms with van der Waals surface area (Å²) < 4.78 is 7.97. The molecule has 2 aliphatic rings. The number of hydrogen-bond acceptors (Lipinski definition) is 6. The molecule has 1 atom stereocenters. The van der Waals surface area contributed by atoms with E-state index in [9.17, 15) is 4.79 Å². The molecular formula is C23H26N6O2. The fourth-order valence-corrected chi connectivity index (χ4v) is 4.33. The molecule has 0 bridgehead atoms. The number of rotatable bonds is 4. The van der Waals surface area contributed by atoms with Crippen molar-refractivity contribution in [1.82, 2.24) is 30.0 Å². The molecule has 2 aromatic heterocycles. The van der Waals surface area contributed by atoms with Crippen LogP contribution in [0.4, 0.5) is 0 Å². The second kappa shape index (κ2) is 8.85. The Morgan fingerprint density at radius 3 is 2.97 bits per heavy atom. The summed E-state index contributed by atoms with van der Waals surface area (Å²) in [5.74, 6) is 2.80. The lowest BCUT2D eigenvalue weighted by Gasteiger charge is -2.21. The van der Waals surface area contributed by atoms with Gasteiger partial charge < -0.3 is 14.6 Å². The molecule has 2 aliphatic heterocycles. The summed E-state index contributed by atoms with van der Waals surface area (Å²) in [4.78, 5) is 19.1. The zero-order valence-corrected chi connectivity index (χ0v) is 17.4. The van der Waals surface area contributed by atoms with Crippen LogP contribution in [-0.2, 0) is 24.3 Å². The number of aryl methyl sites for hydroxylation is 1. The predicted molar refractivity (Wildman–Crippen MR) is 115 cm³/mol. The molecule has 0 fully saturated rings. The summed E-state index contributed by atoms with van der Waals surface area (Å²) in [6.07, 6.45) is 6.08. The number of amides is 1. The molecule has 1 aromatic carbocycles. The number of carbonyl (C=O) groups is 1. The van der Waals surface area contributed by atoms with Crippen molar-refractivity contribution in [2.45, 2.75) is 38.4 Å². The van der Waals surface area contributed by atoms with E-state index in [2.05, 4.69) is 36.0 Å². The van der Waals surface area contributed by atoms with Crippen molar-refractivity contribution in [3.05, 3.63) is 60.2 Å². The first-order chi connectivity index (χ1) is 15.3. The van der Waals surface area contributed by atoms with Crippen molar-refractivity contribution in [3.63, 3.8) is 0 Å². The standard InChI is InChI=1S/C23H26N6O2/c30-22(16-28-12-13-31-20-6-2-1-4-18(20)15-28)25-19-7-8-21-26-27-23(29(21)11-9-19)17-5-3-10-24-14-17/h1-6,10,14,19H,7-9,11-13,15-16H2,(H,25,30). The molecule has 1 unspecified atom stereocenters. The van der Waals surface area contributed by atoms with E-state index in [0.717, 1.165) is 67.4 Å². The van der Waals surface area contributed by atoms with Gasteiger partial charge in [-0.15, -0.1) is 10.2 Å². The smallest absolute Gasteiger partial charge is 0.234 e. The van der Waals surface area contributed by atoms with E-state index in [1.165, 1.54) is 0 Å². The third kappa shape index (κ3) is 4.44. The number of carbonyl (C=O) groups excluding carboxylic acids is 1. The van der Waals surface area contributed by atoms with Gasteiger partial charge >= 0.3 is 0 Å². The highest BCUT2D eigenvalue weighted by Crippen LogP contribution is 2.23. The molecule has 0 spiro atoms. The van der Waals surface area contributed by atoms with Gasteiger partial charge in [-0.25, -0.2) is 0 Å². The van der Waals surface area contributed by atoms with Crippen molar-refractivity contribution in [3.8, 4) is 17.1 Å². The zero-order chi connectivity index (χ0) is 21.0. The van der Waals surface area contributed by atoms with Gasteiger partial charge in [0.05, 0.1) is 6.54 Å². The highest BCUT2D eigenvalue weighted by Gasteiger charge is 2.23. The summed E-state index contributed by atoms with van der Waals surface area (Å²) in [5, 5.41) is 12.0. The van der Waals surface area contributed by atoms with Gasteiger partial charge in [0.25, 0.3) is 0 Å². The first kappa shape index (κ1) is 19.7. The van der Waals surface area contributed by atoms with Crippen molar-refractivity contribution in [2.75, 3.05) is 19.7 Å². The van der Waals surface area contributed by atoms with E-state index in [0.29, 0.717) is 13.2 Å². The number of para-hydroxylation sites is 1. The molecular weight excluding hydrogens is 392 g/mol. The maximum Gasteiger partial charge on any atom is 0.234 e. The van der Waals surface area contributed by atoms with Gasteiger partial charge in [-0.05, 0) is 31.0 Å². The number of ether oxygens (including phenoxy) is 1. The van der Waals surface area contributed by atoms with E-state index in [-0.39, 0.29) is 11.9 Å². The Balaban J connectivity index is 1.19. The number of aromatic nitrogens is 4. The molecule has 0 saturated carbocycles. The molecule has 5 rings (SSSR count). The van der Waals surface area contributed by atoms with E-state index < -0.39 is 0 Å². The van der Waals surface area contributed by atoms with Gasteiger partial charge in [0.15, 0.2) is 5.82 Å². The summed E-state index contributed by atoms with van der Waals surface area (Å²) in [7, 11) is 0. The molecule has 8 heteroatoms. The summed E-state index contributed by atoms with van der Waals surface area (Å²) in [6.45, 7) is 3.22. The maximum atomic E-state index is 12.8. The molecule has 8 nitrogen and oxygen atoms in total. The Morgan fingerprint density at radius 2 is 2.06 bits per heavy atom. The van der Waals surface area contributed by atoms with Crippen LogP contribution in [0.25, 0.3) is 11.4 Å². The van der Waals surface area contributed by atoms with Gasteiger partial charge in [0.2, 0.25) is 5.91 Å². The van der Waals surface area contributed by atoms with Crippen LogP contribution < -0.4 is 10.1 Å².